The summed E-state index contributed by atoms with van der Waals surface area (Å²) in [7, 11) is 0. The molecule has 0 unspecified atom stereocenters. The molecule has 0 spiro atoms. The Kier molecular flexibility index (Phi) is 5.62. The lowest BCUT2D eigenvalue weighted by molar-refractivity contribution is 0.485. The van der Waals surface area contributed by atoms with Gasteiger partial charge in [-0.15, -0.1) is 5.10 Å². The number of nitrogens with zero attached hydrogens (tertiary/aromatic N) is 3. The van der Waals surface area contributed by atoms with E-state index in [2.05, 4.69) is 44.9 Å². The van der Waals surface area contributed by atoms with Crippen LogP contribution in [0.15, 0.2) is 85.1 Å². The summed E-state index contributed by atoms with van der Waals surface area (Å²) in [5.41, 5.74) is 3.20. The minimum atomic E-state index is 0.458. The van der Waals surface area contributed by atoms with Gasteiger partial charge in [0.2, 0.25) is 5.95 Å². The van der Waals surface area contributed by atoms with E-state index in [9.17, 15) is 0 Å². The number of aromatic nitrogens is 3. The molecule has 6 nitrogen and oxygen atoms in total. The fraction of sp³-hybridized carbons (Fsp3) is 0.0870. The van der Waals surface area contributed by atoms with Crippen molar-refractivity contribution in [1.29, 1.82) is 0 Å². The van der Waals surface area contributed by atoms with Crippen LogP contribution in [0, 0.1) is 6.92 Å². The maximum atomic E-state index is 5.99. The first-order valence-electron chi connectivity index (χ1n) is 9.35. The monoisotopic (exact) mass is 383 g/mol. The van der Waals surface area contributed by atoms with Crippen LogP contribution < -0.4 is 15.4 Å². The van der Waals surface area contributed by atoms with Gasteiger partial charge in [-0.25, -0.2) is 0 Å². The second-order valence-corrected chi connectivity index (χ2v) is 6.48. The van der Waals surface area contributed by atoms with Gasteiger partial charge in [0.25, 0.3) is 0 Å². The van der Waals surface area contributed by atoms with Crippen molar-refractivity contribution in [1.82, 2.24) is 15.2 Å². The van der Waals surface area contributed by atoms with Gasteiger partial charge in [0.15, 0.2) is 11.6 Å². The molecule has 0 atom stereocenters. The predicted molar refractivity (Wildman–Crippen MR) is 115 cm³/mol. The SMILES string of the molecule is Cc1ccccc1CNc1nncc(Nc2ccccc2Oc2ccccc2)n1. The molecular formula is C23H21N5O. The molecule has 0 amide bonds. The summed E-state index contributed by atoms with van der Waals surface area (Å²) < 4.78 is 5.99. The number of nitrogens with one attached hydrogen (secondary N) is 2. The largest absolute Gasteiger partial charge is 0.455 e. The number of hydrogen-bond acceptors (Lipinski definition) is 6. The maximum Gasteiger partial charge on any atom is 0.244 e. The lowest BCUT2D eigenvalue weighted by Crippen LogP contribution is -2.07. The molecule has 1 aromatic heterocycles. The van der Waals surface area contributed by atoms with Crippen molar-refractivity contribution in [3.63, 3.8) is 0 Å². The van der Waals surface area contributed by atoms with Crippen LogP contribution >= 0.6 is 0 Å². The molecule has 3 aromatic carbocycles. The first kappa shape index (κ1) is 18.4. The van der Waals surface area contributed by atoms with Crippen molar-refractivity contribution in [2.24, 2.45) is 0 Å². The molecule has 4 aromatic rings. The van der Waals surface area contributed by atoms with E-state index in [4.69, 9.17) is 4.74 Å². The number of benzene rings is 3. The molecular weight excluding hydrogens is 362 g/mol. The van der Waals surface area contributed by atoms with Gasteiger partial charge in [0, 0.05) is 6.54 Å². The van der Waals surface area contributed by atoms with E-state index in [1.54, 1.807) is 6.20 Å². The summed E-state index contributed by atoms with van der Waals surface area (Å²) >= 11 is 0. The van der Waals surface area contributed by atoms with Crippen molar-refractivity contribution < 1.29 is 4.74 Å². The Morgan fingerprint density at radius 3 is 2.48 bits per heavy atom. The normalized spacial score (nSPS) is 10.4. The molecule has 0 bridgehead atoms. The van der Waals surface area contributed by atoms with Gasteiger partial charge in [-0.1, -0.05) is 54.6 Å². The van der Waals surface area contributed by atoms with E-state index in [1.165, 1.54) is 11.1 Å². The third-order valence-electron chi connectivity index (χ3n) is 4.38. The first-order chi connectivity index (χ1) is 14.3. The highest BCUT2D eigenvalue weighted by Crippen LogP contribution is 2.30. The van der Waals surface area contributed by atoms with Gasteiger partial charge < -0.3 is 15.4 Å². The fourth-order valence-corrected chi connectivity index (χ4v) is 2.83. The summed E-state index contributed by atoms with van der Waals surface area (Å²) in [6, 6.07) is 25.6. The highest BCUT2D eigenvalue weighted by atomic mass is 16.5. The Bertz CT molecular complexity index is 1090. The lowest BCUT2D eigenvalue weighted by atomic mass is 10.1. The standard InChI is InChI=1S/C23H21N5O/c1-17-9-5-6-10-18(17)15-24-23-27-22(16-25-28-23)26-20-13-7-8-14-21(20)29-19-11-3-2-4-12-19/h2-14,16H,15H2,1H3,(H2,24,26,27,28). The smallest absolute Gasteiger partial charge is 0.244 e. The molecule has 0 aliphatic heterocycles. The number of rotatable bonds is 7. The quantitative estimate of drug-likeness (QED) is 0.449. The van der Waals surface area contributed by atoms with Gasteiger partial charge in [0.1, 0.15) is 5.75 Å². The number of anilines is 3. The average molecular weight is 383 g/mol. The highest BCUT2D eigenvalue weighted by molar-refractivity contribution is 5.64. The number of para-hydroxylation sites is 3. The molecule has 144 valence electrons. The topological polar surface area (TPSA) is 72.0 Å². The number of hydrogen-bond donors (Lipinski definition) is 2. The van der Waals surface area contributed by atoms with E-state index in [0.29, 0.717) is 24.1 Å². The van der Waals surface area contributed by atoms with Crippen LogP contribution in [0.5, 0.6) is 11.5 Å². The van der Waals surface area contributed by atoms with Crippen molar-refractivity contribution in [3.05, 3.63) is 96.2 Å². The lowest BCUT2D eigenvalue weighted by Gasteiger charge is -2.13. The van der Waals surface area contributed by atoms with Gasteiger partial charge in [-0.3, -0.25) is 0 Å². The van der Waals surface area contributed by atoms with Crippen LogP contribution in [0.25, 0.3) is 0 Å². The molecule has 29 heavy (non-hydrogen) atoms. The summed E-state index contributed by atoms with van der Waals surface area (Å²) in [5, 5.41) is 14.6. The van der Waals surface area contributed by atoms with Gasteiger partial charge in [-0.2, -0.15) is 10.1 Å². The Morgan fingerprint density at radius 2 is 1.62 bits per heavy atom. The van der Waals surface area contributed by atoms with E-state index >= 15 is 0 Å². The van der Waals surface area contributed by atoms with Crippen LogP contribution in [-0.2, 0) is 6.54 Å². The Balaban J connectivity index is 1.48. The third-order valence-corrected chi connectivity index (χ3v) is 4.38. The zero-order chi connectivity index (χ0) is 19.9. The van der Waals surface area contributed by atoms with Crippen LogP contribution in [-0.4, -0.2) is 15.2 Å². The molecule has 0 radical (unpaired) electrons. The summed E-state index contributed by atoms with van der Waals surface area (Å²) in [6.45, 7) is 2.71. The van der Waals surface area contributed by atoms with Gasteiger partial charge >= 0.3 is 0 Å². The Labute approximate surface area is 169 Å². The Morgan fingerprint density at radius 1 is 0.862 bits per heavy atom. The molecule has 6 heteroatoms. The van der Waals surface area contributed by atoms with Crippen LogP contribution in [0.4, 0.5) is 17.5 Å². The highest BCUT2D eigenvalue weighted by Gasteiger charge is 2.07. The second-order valence-electron chi connectivity index (χ2n) is 6.48. The summed E-state index contributed by atoms with van der Waals surface area (Å²) in [6.07, 6.45) is 1.58. The maximum absolute atomic E-state index is 5.99. The molecule has 0 aliphatic rings. The fourth-order valence-electron chi connectivity index (χ4n) is 2.83. The summed E-state index contributed by atoms with van der Waals surface area (Å²) in [4.78, 5) is 4.51. The predicted octanol–water partition coefficient (Wildman–Crippen LogP) is 5.33. The first-order valence-corrected chi connectivity index (χ1v) is 9.35. The van der Waals surface area contributed by atoms with Crippen molar-refractivity contribution in [3.8, 4) is 11.5 Å². The molecule has 0 saturated carbocycles. The van der Waals surface area contributed by atoms with Crippen molar-refractivity contribution in [2.45, 2.75) is 13.5 Å². The van der Waals surface area contributed by atoms with Crippen LogP contribution in [0.1, 0.15) is 11.1 Å². The second kappa shape index (κ2) is 8.84. The molecule has 4 rings (SSSR count). The van der Waals surface area contributed by atoms with E-state index in [1.807, 2.05) is 66.7 Å². The minimum Gasteiger partial charge on any atom is -0.455 e. The number of ether oxygens (including phenoxy) is 1. The zero-order valence-corrected chi connectivity index (χ0v) is 16.0. The van der Waals surface area contributed by atoms with E-state index in [0.717, 1.165) is 11.4 Å². The molecule has 0 aliphatic carbocycles. The molecule has 1 heterocycles. The van der Waals surface area contributed by atoms with Crippen molar-refractivity contribution >= 4 is 17.5 Å². The van der Waals surface area contributed by atoms with Gasteiger partial charge in [0.05, 0.1) is 11.9 Å². The Hall–Kier alpha value is -3.93. The van der Waals surface area contributed by atoms with E-state index < -0.39 is 0 Å². The van der Waals surface area contributed by atoms with E-state index in [-0.39, 0.29) is 0 Å². The molecule has 0 fully saturated rings. The molecule has 0 saturated heterocycles. The number of aryl methyl sites for hydroxylation is 1. The van der Waals surface area contributed by atoms with Crippen molar-refractivity contribution in [2.75, 3.05) is 10.6 Å². The summed E-state index contributed by atoms with van der Waals surface area (Å²) in [5.74, 6) is 2.51. The minimum absolute atomic E-state index is 0.458. The van der Waals surface area contributed by atoms with Crippen LogP contribution in [0.3, 0.4) is 0 Å². The zero-order valence-electron chi connectivity index (χ0n) is 16.0. The molecule has 2 N–H and O–H groups in total. The third kappa shape index (κ3) is 4.87. The average Bonchev–Trinajstić information content (AvgIpc) is 2.76. The van der Waals surface area contributed by atoms with Gasteiger partial charge in [-0.05, 0) is 42.3 Å². The van der Waals surface area contributed by atoms with Crippen LogP contribution in [0.2, 0.25) is 0 Å².